The molecule has 3 unspecified atom stereocenters. The fourth-order valence-corrected chi connectivity index (χ4v) is 1.90. The first kappa shape index (κ1) is 16.8. The van der Waals surface area contributed by atoms with Crippen molar-refractivity contribution >= 4 is 0 Å². The van der Waals surface area contributed by atoms with E-state index in [1.165, 1.54) is 0 Å². The second-order valence-electron chi connectivity index (χ2n) is 4.84. The van der Waals surface area contributed by atoms with Gasteiger partial charge in [0.25, 0.3) is 0 Å². The molecule has 6 heteroatoms. The molecule has 0 aliphatic heterocycles. The highest BCUT2D eigenvalue weighted by molar-refractivity contribution is 4.85. The summed E-state index contributed by atoms with van der Waals surface area (Å²) in [4.78, 5) is 3.75. The van der Waals surface area contributed by atoms with Gasteiger partial charge in [0, 0.05) is 26.2 Å². The van der Waals surface area contributed by atoms with Crippen molar-refractivity contribution in [1.29, 1.82) is 0 Å². The molecule has 0 spiro atoms. The maximum atomic E-state index is 10.1. The third-order valence-corrected chi connectivity index (χ3v) is 2.61. The number of hydrogen-bond donors (Lipinski definition) is 4. The molecule has 5 N–H and O–H groups in total. The summed E-state index contributed by atoms with van der Waals surface area (Å²) in [6.45, 7) is 2.17. The molecule has 0 aromatic heterocycles. The zero-order valence-electron chi connectivity index (χ0n) is 11.4. The Bertz CT molecular complexity index is 190. The normalized spacial score (nSPS) is 17.5. The average molecular weight is 248 g/mol. The number of nitrogens with zero attached hydrogens (tertiary/aromatic N) is 2. The Morgan fingerprint density at radius 2 is 1.71 bits per heavy atom. The predicted octanol–water partition coefficient (Wildman–Crippen LogP) is -2.25. The molecule has 0 aliphatic carbocycles. The minimum Gasteiger partial charge on any atom is -0.390 e. The third kappa shape index (κ3) is 6.92. The van der Waals surface area contributed by atoms with Crippen LogP contribution in [0.2, 0.25) is 0 Å². The molecule has 0 aromatic carbocycles. The first-order chi connectivity index (χ1) is 7.90. The summed E-state index contributed by atoms with van der Waals surface area (Å²) < 4.78 is 0. The molecule has 0 radical (unpaired) electrons. The topological polar surface area (TPSA) is 85.0 Å². The van der Waals surface area contributed by atoms with Crippen molar-refractivity contribution in [2.45, 2.75) is 18.2 Å². The van der Waals surface area contributed by atoms with Crippen molar-refractivity contribution < 1.29 is 10.2 Å². The number of aliphatic hydroxyl groups is 2. The number of nitrogens with one attached hydrogen (secondary N) is 1. The largest absolute Gasteiger partial charge is 0.390 e. The third-order valence-electron chi connectivity index (χ3n) is 2.61. The van der Waals surface area contributed by atoms with Crippen molar-refractivity contribution in [3.63, 3.8) is 0 Å². The number of hydrogen-bond acceptors (Lipinski definition) is 6. The van der Waals surface area contributed by atoms with Gasteiger partial charge in [-0.1, -0.05) is 0 Å². The maximum Gasteiger partial charge on any atom is 0.0847 e. The van der Waals surface area contributed by atoms with E-state index in [1.54, 1.807) is 0 Å². The second-order valence-corrected chi connectivity index (χ2v) is 4.84. The Kier molecular flexibility index (Phi) is 8.67. The molecular formula is C11H28N4O2. The summed E-state index contributed by atoms with van der Waals surface area (Å²) in [6.07, 6.45) is -1.21. The fraction of sp³-hybridized carbons (Fsp3) is 1.00. The van der Waals surface area contributed by atoms with E-state index in [1.807, 2.05) is 38.0 Å². The Labute approximate surface area is 104 Å². The zero-order chi connectivity index (χ0) is 13.4. The smallest absolute Gasteiger partial charge is 0.0847 e. The lowest BCUT2D eigenvalue weighted by Crippen LogP contribution is -2.54. The molecule has 0 bridgehead atoms. The van der Waals surface area contributed by atoms with Crippen molar-refractivity contribution in [1.82, 2.24) is 15.1 Å². The van der Waals surface area contributed by atoms with Gasteiger partial charge in [0.15, 0.2) is 0 Å². The average Bonchev–Trinajstić information content (AvgIpc) is 2.16. The van der Waals surface area contributed by atoms with E-state index in [0.29, 0.717) is 26.2 Å². The molecule has 17 heavy (non-hydrogen) atoms. The van der Waals surface area contributed by atoms with Crippen LogP contribution < -0.4 is 11.1 Å². The van der Waals surface area contributed by atoms with Gasteiger partial charge >= 0.3 is 0 Å². The van der Waals surface area contributed by atoms with Crippen LogP contribution in [0.15, 0.2) is 0 Å². The van der Waals surface area contributed by atoms with Gasteiger partial charge in [-0.25, -0.2) is 0 Å². The summed E-state index contributed by atoms with van der Waals surface area (Å²) in [5.74, 6) is 0. The van der Waals surface area contributed by atoms with Crippen LogP contribution in [0.1, 0.15) is 0 Å². The summed E-state index contributed by atoms with van der Waals surface area (Å²) in [6, 6.07) is -0.289. The van der Waals surface area contributed by atoms with E-state index >= 15 is 0 Å². The van der Waals surface area contributed by atoms with Crippen LogP contribution >= 0.6 is 0 Å². The molecule has 3 atom stereocenters. The van der Waals surface area contributed by atoms with Crippen LogP contribution in [-0.2, 0) is 0 Å². The van der Waals surface area contributed by atoms with Crippen molar-refractivity contribution in [2.75, 3.05) is 54.4 Å². The Morgan fingerprint density at radius 3 is 2.12 bits per heavy atom. The van der Waals surface area contributed by atoms with E-state index < -0.39 is 12.2 Å². The first-order valence-corrected chi connectivity index (χ1v) is 5.98. The van der Waals surface area contributed by atoms with Crippen LogP contribution in [-0.4, -0.2) is 92.6 Å². The molecule has 0 aliphatic rings. The molecule has 0 heterocycles. The lowest BCUT2D eigenvalue weighted by Gasteiger charge is -2.34. The fourth-order valence-electron chi connectivity index (χ4n) is 1.90. The summed E-state index contributed by atoms with van der Waals surface area (Å²) in [7, 11) is 7.51. The molecule has 104 valence electrons. The van der Waals surface area contributed by atoms with Crippen LogP contribution in [0.5, 0.6) is 0 Å². The van der Waals surface area contributed by atoms with Gasteiger partial charge < -0.3 is 31.1 Å². The monoisotopic (exact) mass is 248 g/mol. The minimum absolute atomic E-state index is 0.289. The standard InChI is InChI=1S/C11H28N4O2/c1-14(2)8-10(17)11(15(3)4)9(16)7-13-6-5-12/h9-11,13,16-17H,5-8,12H2,1-4H3. The molecule has 0 amide bonds. The number of nitrogens with two attached hydrogens (primary N) is 1. The molecule has 0 saturated carbocycles. The van der Waals surface area contributed by atoms with Crippen LogP contribution in [0.4, 0.5) is 0 Å². The van der Waals surface area contributed by atoms with Gasteiger partial charge in [0.1, 0.15) is 0 Å². The highest BCUT2D eigenvalue weighted by Gasteiger charge is 2.28. The van der Waals surface area contributed by atoms with Gasteiger partial charge in [-0.05, 0) is 28.2 Å². The summed E-state index contributed by atoms with van der Waals surface area (Å²) in [5, 5.41) is 23.2. The minimum atomic E-state index is -0.619. The molecule has 0 saturated heterocycles. The first-order valence-electron chi connectivity index (χ1n) is 5.98. The van der Waals surface area contributed by atoms with Gasteiger partial charge in [0.05, 0.1) is 18.2 Å². The maximum absolute atomic E-state index is 10.1. The molecular weight excluding hydrogens is 220 g/mol. The van der Waals surface area contributed by atoms with E-state index in [4.69, 9.17) is 5.73 Å². The molecule has 0 rings (SSSR count). The van der Waals surface area contributed by atoms with E-state index in [0.717, 1.165) is 0 Å². The Hall–Kier alpha value is -0.240. The van der Waals surface area contributed by atoms with E-state index in [2.05, 4.69) is 5.32 Å². The lowest BCUT2D eigenvalue weighted by molar-refractivity contribution is -0.0172. The van der Waals surface area contributed by atoms with Gasteiger partial charge in [-0.3, -0.25) is 0 Å². The second kappa shape index (κ2) is 8.79. The summed E-state index contributed by atoms with van der Waals surface area (Å²) in [5.41, 5.74) is 5.37. The van der Waals surface area contributed by atoms with Crippen molar-refractivity contribution in [3.8, 4) is 0 Å². The molecule has 0 aromatic rings. The number of aliphatic hydroxyl groups excluding tert-OH is 2. The molecule has 0 fully saturated rings. The Morgan fingerprint density at radius 1 is 1.12 bits per heavy atom. The van der Waals surface area contributed by atoms with E-state index in [-0.39, 0.29) is 6.04 Å². The van der Waals surface area contributed by atoms with Crippen LogP contribution in [0.3, 0.4) is 0 Å². The predicted molar refractivity (Wildman–Crippen MR) is 70.0 cm³/mol. The summed E-state index contributed by atoms with van der Waals surface area (Å²) >= 11 is 0. The highest BCUT2D eigenvalue weighted by atomic mass is 16.3. The zero-order valence-corrected chi connectivity index (χ0v) is 11.4. The van der Waals surface area contributed by atoms with Crippen molar-refractivity contribution in [2.24, 2.45) is 5.73 Å². The van der Waals surface area contributed by atoms with Gasteiger partial charge in [0.2, 0.25) is 0 Å². The SMILES string of the molecule is CN(C)CC(O)C(C(O)CNCCN)N(C)C. The highest BCUT2D eigenvalue weighted by Crippen LogP contribution is 2.07. The quantitative estimate of drug-likeness (QED) is 0.345. The van der Waals surface area contributed by atoms with E-state index in [9.17, 15) is 10.2 Å². The van der Waals surface area contributed by atoms with Crippen LogP contribution in [0.25, 0.3) is 0 Å². The van der Waals surface area contributed by atoms with Gasteiger partial charge in [-0.2, -0.15) is 0 Å². The van der Waals surface area contributed by atoms with Crippen molar-refractivity contribution in [3.05, 3.63) is 0 Å². The van der Waals surface area contributed by atoms with Crippen LogP contribution in [0, 0.1) is 0 Å². The molecule has 6 nitrogen and oxygen atoms in total. The Balaban J connectivity index is 4.29. The number of likely N-dealkylation sites (N-methyl/N-ethyl adjacent to an activating group) is 2. The van der Waals surface area contributed by atoms with Gasteiger partial charge in [-0.15, -0.1) is 0 Å². The number of rotatable bonds is 9. The lowest BCUT2D eigenvalue weighted by atomic mass is 10.0.